The van der Waals surface area contributed by atoms with Crippen LogP contribution in [0.25, 0.3) is 55.4 Å². The van der Waals surface area contributed by atoms with E-state index in [0.29, 0.717) is 0 Å². The van der Waals surface area contributed by atoms with Crippen LogP contribution in [0.1, 0.15) is 0 Å². The number of nitrogens with one attached hydrogen (secondary N) is 2. The molecule has 0 aliphatic carbocycles. The van der Waals surface area contributed by atoms with Gasteiger partial charge >= 0.3 is 0 Å². The minimum absolute atomic E-state index is 0.903. The van der Waals surface area contributed by atoms with Gasteiger partial charge in [0.25, 0.3) is 0 Å². The first-order chi connectivity index (χ1) is 16.2. The average molecular weight is 431 g/mol. The lowest BCUT2D eigenvalue weighted by Gasteiger charge is -2.13. The Morgan fingerprint density at radius 3 is 2.45 bits per heavy atom. The van der Waals surface area contributed by atoms with Crippen LogP contribution in [0, 0.1) is 0 Å². The number of benzene rings is 2. The number of aromatic nitrogens is 5. The molecular weight excluding hydrogens is 408 g/mol. The Morgan fingerprint density at radius 2 is 1.61 bits per heavy atom. The van der Waals surface area contributed by atoms with Crippen LogP contribution in [0.4, 0.5) is 5.69 Å². The molecule has 0 saturated heterocycles. The lowest BCUT2D eigenvalue weighted by atomic mass is 10.0. The zero-order valence-electron chi connectivity index (χ0n) is 18.4. The molecule has 4 heterocycles. The molecule has 2 N–H and O–H groups in total. The number of fused-ring (bicyclic) bond motifs is 2. The van der Waals surface area contributed by atoms with E-state index in [4.69, 9.17) is 0 Å². The lowest BCUT2D eigenvalue weighted by Crippen LogP contribution is -2.08. The average Bonchev–Trinajstić information content (AvgIpc) is 3.48. The molecule has 0 aliphatic heterocycles. The highest BCUT2D eigenvalue weighted by Gasteiger charge is 2.14. The molecular formula is C27H22N6. The van der Waals surface area contributed by atoms with Crippen LogP contribution in [-0.2, 0) is 0 Å². The van der Waals surface area contributed by atoms with Crippen molar-refractivity contribution in [3.8, 4) is 33.6 Å². The maximum atomic E-state index is 4.65. The Balaban J connectivity index is 1.48. The number of hydrogen-bond acceptors (Lipinski definition) is 4. The monoisotopic (exact) mass is 430 g/mol. The fourth-order valence-corrected chi connectivity index (χ4v) is 4.30. The quantitative estimate of drug-likeness (QED) is 0.365. The van der Waals surface area contributed by atoms with Crippen LogP contribution in [0.5, 0.6) is 0 Å². The van der Waals surface area contributed by atoms with Crippen LogP contribution >= 0.6 is 0 Å². The summed E-state index contributed by atoms with van der Waals surface area (Å²) >= 11 is 0. The van der Waals surface area contributed by atoms with E-state index in [1.807, 2.05) is 51.0 Å². The highest BCUT2D eigenvalue weighted by atomic mass is 15.1. The third kappa shape index (κ3) is 3.32. The first-order valence-electron chi connectivity index (χ1n) is 10.8. The van der Waals surface area contributed by atoms with Gasteiger partial charge in [-0.2, -0.15) is 5.10 Å². The van der Waals surface area contributed by atoms with E-state index in [9.17, 15) is 0 Å². The Kier molecular flexibility index (Phi) is 4.43. The Labute approximate surface area is 191 Å². The summed E-state index contributed by atoms with van der Waals surface area (Å²) in [5.74, 6) is 0. The minimum atomic E-state index is 0.903. The molecule has 0 saturated carbocycles. The van der Waals surface area contributed by atoms with Crippen molar-refractivity contribution in [2.75, 3.05) is 19.0 Å². The van der Waals surface area contributed by atoms with E-state index in [0.717, 1.165) is 55.6 Å². The molecule has 0 amide bonds. The second-order valence-electron chi connectivity index (χ2n) is 8.34. The van der Waals surface area contributed by atoms with Crippen LogP contribution in [0.2, 0.25) is 0 Å². The molecule has 0 radical (unpaired) electrons. The SMILES string of the molecule is CN(C)c1cncc(-c2ccc3[nH]nc(-c4cc5c(-c6ccncc6)cccc5[nH]4)c3c2)c1. The second kappa shape index (κ2) is 7.60. The molecule has 0 unspecified atom stereocenters. The third-order valence-electron chi connectivity index (χ3n) is 6.05. The highest BCUT2D eigenvalue weighted by Crippen LogP contribution is 2.35. The van der Waals surface area contributed by atoms with Crippen LogP contribution in [0.15, 0.2) is 85.5 Å². The molecule has 6 aromatic rings. The van der Waals surface area contributed by atoms with E-state index in [2.05, 4.69) is 78.6 Å². The molecule has 6 rings (SSSR count). The minimum Gasteiger partial charge on any atom is -0.376 e. The Morgan fingerprint density at radius 1 is 0.727 bits per heavy atom. The number of aromatic amines is 2. The molecule has 2 aromatic carbocycles. The van der Waals surface area contributed by atoms with E-state index >= 15 is 0 Å². The first kappa shape index (κ1) is 19.3. The van der Waals surface area contributed by atoms with Crippen molar-refractivity contribution in [2.45, 2.75) is 0 Å². The highest BCUT2D eigenvalue weighted by molar-refractivity contribution is 6.01. The summed E-state index contributed by atoms with van der Waals surface area (Å²) in [6, 6.07) is 21.1. The predicted octanol–water partition coefficient (Wildman–Crippen LogP) is 5.90. The summed E-state index contributed by atoms with van der Waals surface area (Å²) in [6.07, 6.45) is 7.42. The van der Waals surface area contributed by atoms with Gasteiger partial charge in [0, 0.05) is 54.5 Å². The predicted molar refractivity (Wildman–Crippen MR) is 134 cm³/mol. The molecule has 33 heavy (non-hydrogen) atoms. The maximum absolute atomic E-state index is 4.65. The number of nitrogens with zero attached hydrogens (tertiary/aromatic N) is 4. The molecule has 0 fully saturated rings. The van der Waals surface area contributed by atoms with Crippen molar-refractivity contribution < 1.29 is 0 Å². The molecule has 160 valence electrons. The van der Waals surface area contributed by atoms with Gasteiger partial charge in [-0.05, 0) is 59.2 Å². The van der Waals surface area contributed by atoms with Gasteiger partial charge < -0.3 is 9.88 Å². The van der Waals surface area contributed by atoms with Gasteiger partial charge in [0.15, 0.2) is 0 Å². The van der Waals surface area contributed by atoms with E-state index < -0.39 is 0 Å². The van der Waals surface area contributed by atoms with Gasteiger partial charge in [0.1, 0.15) is 5.69 Å². The summed E-state index contributed by atoms with van der Waals surface area (Å²) in [6.45, 7) is 0. The van der Waals surface area contributed by atoms with Crippen LogP contribution in [-0.4, -0.2) is 39.2 Å². The summed E-state index contributed by atoms with van der Waals surface area (Å²) in [4.78, 5) is 14.2. The molecule has 0 bridgehead atoms. The van der Waals surface area contributed by atoms with Crippen molar-refractivity contribution in [2.24, 2.45) is 0 Å². The molecule has 4 aromatic heterocycles. The molecule has 0 spiro atoms. The van der Waals surface area contributed by atoms with Gasteiger partial charge in [-0.25, -0.2) is 0 Å². The van der Waals surface area contributed by atoms with E-state index in [1.165, 1.54) is 5.56 Å². The van der Waals surface area contributed by atoms with E-state index in [1.54, 1.807) is 0 Å². The molecule has 6 nitrogen and oxygen atoms in total. The van der Waals surface area contributed by atoms with Gasteiger partial charge in [-0.1, -0.05) is 18.2 Å². The molecule has 0 aliphatic rings. The fourth-order valence-electron chi connectivity index (χ4n) is 4.30. The number of pyridine rings is 2. The standard InChI is InChI=1S/C27H22N6/c1-33(2)20-12-19(15-29-16-20)18-6-7-25-23(13-18)27(32-31-25)26-14-22-21(4-3-5-24(22)30-26)17-8-10-28-11-9-17/h3-16,30H,1-2H3,(H,31,32). The van der Waals surface area contributed by atoms with Gasteiger partial charge in [0.2, 0.25) is 0 Å². The Bertz CT molecular complexity index is 1590. The number of rotatable bonds is 4. The van der Waals surface area contributed by atoms with Gasteiger partial charge in [0.05, 0.1) is 23.1 Å². The van der Waals surface area contributed by atoms with Gasteiger partial charge in [-0.3, -0.25) is 15.1 Å². The molecule has 6 heteroatoms. The zero-order valence-corrected chi connectivity index (χ0v) is 18.4. The third-order valence-corrected chi connectivity index (χ3v) is 6.05. The lowest BCUT2D eigenvalue weighted by molar-refractivity contribution is 1.11. The second-order valence-corrected chi connectivity index (χ2v) is 8.34. The largest absolute Gasteiger partial charge is 0.376 e. The summed E-state index contributed by atoms with van der Waals surface area (Å²) in [7, 11) is 4.04. The normalized spacial score (nSPS) is 11.3. The number of hydrogen-bond donors (Lipinski definition) is 2. The van der Waals surface area contributed by atoms with Crippen molar-refractivity contribution in [3.05, 3.63) is 85.5 Å². The first-order valence-corrected chi connectivity index (χ1v) is 10.8. The van der Waals surface area contributed by atoms with Crippen LogP contribution < -0.4 is 4.90 Å². The van der Waals surface area contributed by atoms with Crippen molar-refractivity contribution >= 4 is 27.5 Å². The molecule has 0 atom stereocenters. The zero-order chi connectivity index (χ0) is 22.4. The summed E-state index contributed by atoms with van der Waals surface area (Å²) in [5.41, 5.74) is 9.53. The smallest absolute Gasteiger partial charge is 0.116 e. The van der Waals surface area contributed by atoms with Crippen LogP contribution in [0.3, 0.4) is 0 Å². The Hall–Kier alpha value is -4.45. The fraction of sp³-hybridized carbons (Fsp3) is 0.0741. The van der Waals surface area contributed by atoms with Crippen molar-refractivity contribution in [3.63, 3.8) is 0 Å². The van der Waals surface area contributed by atoms with Crippen molar-refractivity contribution in [1.29, 1.82) is 0 Å². The topological polar surface area (TPSA) is 73.5 Å². The maximum Gasteiger partial charge on any atom is 0.116 e. The summed E-state index contributed by atoms with van der Waals surface area (Å²) < 4.78 is 0. The van der Waals surface area contributed by atoms with Crippen molar-refractivity contribution in [1.82, 2.24) is 25.1 Å². The van der Waals surface area contributed by atoms with Gasteiger partial charge in [-0.15, -0.1) is 0 Å². The number of anilines is 1. The number of H-pyrrole nitrogens is 2. The van der Waals surface area contributed by atoms with E-state index in [-0.39, 0.29) is 0 Å². The summed E-state index contributed by atoms with van der Waals surface area (Å²) in [5, 5.41) is 10.1.